The zero-order valence-electron chi connectivity index (χ0n) is 9.52. The van der Waals surface area contributed by atoms with Gasteiger partial charge in [-0.2, -0.15) is 0 Å². The first-order valence-electron chi connectivity index (χ1n) is 5.91. The Morgan fingerprint density at radius 3 is 2.62 bits per heavy atom. The highest BCUT2D eigenvalue weighted by atomic mass is 15.2. The SMILES string of the molecule is NCCNc1cnc(N2CCCCC2)cn1. The smallest absolute Gasteiger partial charge is 0.147 e. The second-order valence-electron chi connectivity index (χ2n) is 4.02. The van der Waals surface area contributed by atoms with E-state index in [-0.39, 0.29) is 0 Å². The Balaban J connectivity index is 1.95. The largest absolute Gasteiger partial charge is 0.368 e. The monoisotopic (exact) mass is 221 g/mol. The number of nitrogens with two attached hydrogens (primary N) is 1. The molecular formula is C11H19N5. The van der Waals surface area contributed by atoms with Crippen LogP contribution in [0, 0.1) is 0 Å². The van der Waals surface area contributed by atoms with Crippen LogP contribution in [0.1, 0.15) is 19.3 Å². The zero-order valence-corrected chi connectivity index (χ0v) is 9.52. The highest BCUT2D eigenvalue weighted by Gasteiger charge is 2.11. The van der Waals surface area contributed by atoms with E-state index in [1.807, 2.05) is 6.20 Å². The quantitative estimate of drug-likeness (QED) is 0.788. The molecule has 0 radical (unpaired) electrons. The van der Waals surface area contributed by atoms with Gasteiger partial charge in [-0.05, 0) is 19.3 Å². The highest BCUT2D eigenvalue weighted by molar-refractivity contribution is 5.41. The molecule has 16 heavy (non-hydrogen) atoms. The van der Waals surface area contributed by atoms with Gasteiger partial charge in [-0.25, -0.2) is 9.97 Å². The number of hydrogen-bond acceptors (Lipinski definition) is 5. The number of rotatable bonds is 4. The molecule has 0 bridgehead atoms. The van der Waals surface area contributed by atoms with E-state index in [0.29, 0.717) is 6.54 Å². The first-order chi connectivity index (χ1) is 7.90. The molecule has 0 saturated carbocycles. The van der Waals surface area contributed by atoms with Crippen molar-refractivity contribution in [1.29, 1.82) is 0 Å². The van der Waals surface area contributed by atoms with Gasteiger partial charge in [-0.1, -0.05) is 0 Å². The number of nitrogens with zero attached hydrogens (tertiary/aromatic N) is 3. The summed E-state index contributed by atoms with van der Waals surface area (Å²) in [6.45, 7) is 3.54. The van der Waals surface area contributed by atoms with E-state index in [2.05, 4.69) is 20.2 Å². The molecule has 2 heterocycles. The fraction of sp³-hybridized carbons (Fsp3) is 0.636. The average molecular weight is 221 g/mol. The second kappa shape index (κ2) is 5.65. The van der Waals surface area contributed by atoms with Crippen LogP contribution in [-0.2, 0) is 0 Å². The van der Waals surface area contributed by atoms with Crippen molar-refractivity contribution in [2.75, 3.05) is 36.4 Å². The van der Waals surface area contributed by atoms with Crippen molar-refractivity contribution in [2.45, 2.75) is 19.3 Å². The summed E-state index contributed by atoms with van der Waals surface area (Å²) in [5.41, 5.74) is 5.40. The van der Waals surface area contributed by atoms with Crippen LogP contribution in [0.5, 0.6) is 0 Å². The van der Waals surface area contributed by atoms with Gasteiger partial charge in [-0.15, -0.1) is 0 Å². The molecule has 1 aliphatic heterocycles. The molecule has 5 heteroatoms. The van der Waals surface area contributed by atoms with Gasteiger partial charge in [0.2, 0.25) is 0 Å². The zero-order chi connectivity index (χ0) is 11.2. The number of nitrogens with one attached hydrogen (secondary N) is 1. The topological polar surface area (TPSA) is 67.1 Å². The Labute approximate surface area is 96.1 Å². The number of hydrogen-bond donors (Lipinski definition) is 2. The molecule has 1 fully saturated rings. The number of aromatic nitrogens is 2. The molecule has 0 aromatic carbocycles. The van der Waals surface area contributed by atoms with E-state index in [1.54, 1.807) is 6.20 Å². The summed E-state index contributed by atoms with van der Waals surface area (Å²) >= 11 is 0. The van der Waals surface area contributed by atoms with E-state index < -0.39 is 0 Å². The Morgan fingerprint density at radius 2 is 2.00 bits per heavy atom. The lowest BCUT2D eigenvalue weighted by atomic mass is 10.1. The summed E-state index contributed by atoms with van der Waals surface area (Å²) < 4.78 is 0. The van der Waals surface area contributed by atoms with Gasteiger partial charge in [0, 0.05) is 26.2 Å². The molecule has 1 aromatic heterocycles. The molecule has 0 aliphatic carbocycles. The molecule has 0 amide bonds. The maximum absolute atomic E-state index is 5.40. The van der Waals surface area contributed by atoms with Gasteiger partial charge < -0.3 is 16.0 Å². The summed E-state index contributed by atoms with van der Waals surface area (Å²) in [5, 5.41) is 3.11. The minimum Gasteiger partial charge on any atom is -0.368 e. The van der Waals surface area contributed by atoms with Crippen LogP contribution < -0.4 is 16.0 Å². The third-order valence-electron chi connectivity index (χ3n) is 2.77. The van der Waals surface area contributed by atoms with Crippen molar-refractivity contribution in [3.8, 4) is 0 Å². The van der Waals surface area contributed by atoms with E-state index in [9.17, 15) is 0 Å². The van der Waals surface area contributed by atoms with Gasteiger partial charge in [0.25, 0.3) is 0 Å². The average Bonchev–Trinajstić information content (AvgIpc) is 2.38. The van der Waals surface area contributed by atoms with Crippen LogP contribution in [0.4, 0.5) is 11.6 Å². The molecule has 2 rings (SSSR count). The lowest BCUT2D eigenvalue weighted by molar-refractivity contribution is 0.573. The summed E-state index contributed by atoms with van der Waals surface area (Å²) in [7, 11) is 0. The van der Waals surface area contributed by atoms with Crippen molar-refractivity contribution in [1.82, 2.24) is 9.97 Å². The second-order valence-corrected chi connectivity index (χ2v) is 4.02. The van der Waals surface area contributed by atoms with Crippen molar-refractivity contribution >= 4 is 11.6 Å². The standard InChI is InChI=1S/C11H19N5/c12-4-5-13-10-8-15-11(9-14-10)16-6-2-1-3-7-16/h8-9H,1-7,12H2,(H,13,14). The highest BCUT2D eigenvalue weighted by Crippen LogP contribution is 2.16. The van der Waals surface area contributed by atoms with Gasteiger partial charge in [0.05, 0.1) is 12.4 Å². The lowest BCUT2D eigenvalue weighted by Gasteiger charge is -2.27. The number of piperidine rings is 1. The first-order valence-corrected chi connectivity index (χ1v) is 5.91. The van der Waals surface area contributed by atoms with Crippen LogP contribution in [0.15, 0.2) is 12.4 Å². The Morgan fingerprint density at radius 1 is 1.19 bits per heavy atom. The molecule has 88 valence electrons. The van der Waals surface area contributed by atoms with Gasteiger partial charge in [0.15, 0.2) is 0 Å². The molecule has 5 nitrogen and oxygen atoms in total. The molecular weight excluding hydrogens is 202 g/mol. The Hall–Kier alpha value is -1.36. The molecule has 0 atom stereocenters. The van der Waals surface area contributed by atoms with Crippen LogP contribution in [-0.4, -0.2) is 36.1 Å². The van der Waals surface area contributed by atoms with Crippen molar-refractivity contribution < 1.29 is 0 Å². The van der Waals surface area contributed by atoms with E-state index in [4.69, 9.17) is 5.73 Å². The van der Waals surface area contributed by atoms with Crippen molar-refractivity contribution in [2.24, 2.45) is 5.73 Å². The molecule has 0 spiro atoms. The Kier molecular flexibility index (Phi) is 3.93. The van der Waals surface area contributed by atoms with Crippen molar-refractivity contribution in [3.05, 3.63) is 12.4 Å². The maximum Gasteiger partial charge on any atom is 0.147 e. The third kappa shape index (κ3) is 2.82. The van der Waals surface area contributed by atoms with Crippen LogP contribution in [0.3, 0.4) is 0 Å². The predicted octanol–water partition coefficient (Wildman–Crippen LogP) is 0.837. The Bertz CT molecular complexity index is 305. The van der Waals surface area contributed by atoms with E-state index in [1.165, 1.54) is 19.3 Å². The minimum atomic E-state index is 0.607. The normalized spacial score (nSPS) is 16.2. The minimum absolute atomic E-state index is 0.607. The van der Waals surface area contributed by atoms with Gasteiger partial charge in [0.1, 0.15) is 11.6 Å². The summed E-state index contributed by atoms with van der Waals surface area (Å²) in [5.74, 6) is 1.78. The summed E-state index contributed by atoms with van der Waals surface area (Å²) in [6.07, 6.45) is 7.47. The maximum atomic E-state index is 5.40. The molecule has 1 aromatic rings. The predicted molar refractivity (Wildman–Crippen MR) is 65.6 cm³/mol. The van der Waals surface area contributed by atoms with Gasteiger partial charge >= 0.3 is 0 Å². The van der Waals surface area contributed by atoms with Crippen LogP contribution >= 0.6 is 0 Å². The molecule has 0 unspecified atom stereocenters. The fourth-order valence-corrected chi connectivity index (χ4v) is 1.90. The fourth-order valence-electron chi connectivity index (χ4n) is 1.90. The summed E-state index contributed by atoms with van der Waals surface area (Å²) in [4.78, 5) is 11.0. The molecule has 3 N–H and O–H groups in total. The van der Waals surface area contributed by atoms with Crippen LogP contribution in [0.25, 0.3) is 0 Å². The van der Waals surface area contributed by atoms with Gasteiger partial charge in [-0.3, -0.25) is 0 Å². The van der Waals surface area contributed by atoms with Crippen LogP contribution in [0.2, 0.25) is 0 Å². The lowest BCUT2D eigenvalue weighted by Crippen LogP contribution is -2.30. The first kappa shape index (κ1) is 11.1. The summed E-state index contributed by atoms with van der Waals surface area (Å²) in [6, 6.07) is 0. The third-order valence-corrected chi connectivity index (χ3v) is 2.77. The van der Waals surface area contributed by atoms with Crippen molar-refractivity contribution in [3.63, 3.8) is 0 Å². The molecule has 1 aliphatic rings. The molecule has 1 saturated heterocycles. The van der Waals surface area contributed by atoms with E-state index >= 15 is 0 Å². The number of anilines is 2. The van der Waals surface area contributed by atoms with E-state index in [0.717, 1.165) is 31.3 Å².